The van der Waals surface area contributed by atoms with Crippen molar-refractivity contribution < 1.29 is 14.4 Å². The average Bonchev–Trinajstić information content (AvgIpc) is 2.83. The van der Waals surface area contributed by atoms with Crippen LogP contribution in [-0.2, 0) is 15.0 Å². The van der Waals surface area contributed by atoms with Crippen molar-refractivity contribution in [1.29, 1.82) is 0 Å². The molecule has 2 heterocycles. The topological polar surface area (TPSA) is 60.9 Å². The van der Waals surface area contributed by atoms with Crippen molar-refractivity contribution in [2.24, 2.45) is 0 Å². The summed E-state index contributed by atoms with van der Waals surface area (Å²) >= 11 is 0. The van der Waals surface area contributed by atoms with Crippen molar-refractivity contribution in [3.63, 3.8) is 0 Å². The summed E-state index contributed by atoms with van der Waals surface area (Å²) in [5.41, 5.74) is 3.05. The lowest BCUT2D eigenvalue weighted by atomic mass is 9.83. The number of para-hydroxylation sites is 1. The van der Waals surface area contributed by atoms with Crippen molar-refractivity contribution in [2.45, 2.75) is 33.1 Å². The first-order valence-electron chi connectivity index (χ1n) is 9.19. The Hall–Kier alpha value is -2.89. The largest absolute Gasteiger partial charge is 0.347 e. The zero-order chi connectivity index (χ0) is 19.9. The first-order valence-corrected chi connectivity index (χ1v) is 9.19. The van der Waals surface area contributed by atoms with Gasteiger partial charge in [-0.05, 0) is 37.6 Å². The molecular formula is C21H25N3O3. The molecule has 0 aromatic heterocycles. The van der Waals surface area contributed by atoms with Crippen LogP contribution in [0.15, 0.2) is 47.7 Å². The summed E-state index contributed by atoms with van der Waals surface area (Å²) in [7, 11) is 1.97. The summed E-state index contributed by atoms with van der Waals surface area (Å²) in [6.45, 7) is 8.13. The van der Waals surface area contributed by atoms with Crippen LogP contribution in [0.3, 0.4) is 0 Å². The number of anilines is 1. The number of amides is 4. The first-order chi connectivity index (χ1) is 12.8. The number of hydrogen-bond acceptors (Lipinski definition) is 4. The number of hydrogen-bond donors (Lipinski definition) is 0. The number of allylic oxidation sites excluding steroid dienone is 3. The summed E-state index contributed by atoms with van der Waals surface area (Å²) in [6, 6.07) is 7.59. The number of benzene rings is 1. The maximum atomic E-state index is 12.7. The van der Waals surface area contributed by atoms with E-state index in [1.54, 1.807) is 19.9 Å². The van der Waals surface area contributed by atoms with Gasteiger partial charge in [0.25, 0.3) is 11.8 Å². The van der Waals surface area contributed by atoms with E-state index >= 15 is 0 Å². The molecule has 0 spiro atoms. The highest BCUT2D eigenvalue weighted by molar-refractivity contribution is 6.28. The van der Waals surface area contributed by atoms with E-state index in [4.69, 9.17) is 0 Å². The molecule has 6 nitrogen and oxygen atoms in total. The second-order valence-electron chi connectivity index (χ2n) is 7.21. The van der Waals surface area contributed by atoms with E-state index in [0.29, 0.717) is 0 Å². The molecule has 2 aliphatic rings. The van der Waals surface area contributed by atoms with E-state index in [9.17, 15) is 14.4 Å². The van der Waals surface area contributed by atoms with Crippen LogP contribution in [0.5, 0.6) is 0 Å². The van der Waals surface area contributed by atoms with Gasteiger partial charge in [-0.1, -0.05) is 32.0 Å². The van der Waals surface area contributed by atoms with Crippen molar-refractivity contribution >= 4 is 23.5 Å². The van der Waals surface area contributed by atoms with Crippen LogP contribution < -0.4 is 4.90 Å². The Morgan fingerprint density at radius 1 is 0.926 bits per heavy atom. The molecule has 1 saturated heterocycles. The molecule has 1 fully saturated rings. The Morgan fingerprint density at radius 2 is 1.48 bits per heavy atom. The molecule has 0 unspecified atom stereocenters. The van der Waals surface area contributed by atoms with Gasteiger partial charge in [0.05, 0.1) is 0 Å². The van der Waals surface area contributed by atoms with Crippen LogP contribution in [0, 0.1) is 0 Å². The maximum Gasteiger partial charge on any atom is 0.333 e. The molecule has 3 rings (SSSR count). The minimum absolute atomic E-state index is 0.0194. The van der Waals surface area contributed by atoms with Crippen LogP contribution in [0.1, 0.15) is 33.3 Å². The molecule has 0 N–H and O–H groups in total. The lowest BCUT2D eigenvalue weighted by Gasteiger charge is -2.32. The van der Waals surface area contributed by atoms with E-state index in [2.05, 4.69) is 30.9 Å². The van der Waals surface area contributed by atoms with Gasteiger partial charge in [0.15, 0.2) is 0 Å². The van der Waals surface area contributed by atoms with Crippen molar-refractivity contribution in [1.82, 2.24) is 9.80 Å². The smallest absolute Gasteiger partial charge is 0.333 e. The average molecular weight is 367 g/mol. The number of likely N-dealkylation sites (N-methyl/N-ethyl adjacent to an activating group) is 3. The molecule has 1 aromatic rings. The van der Waals surface area contributed by atoms with Gasteiger partial charge in [-0.15, -0.1) is 0 Å². The third-order valence-electron chi connectivity index (χ3n) is 5.39. The number of fused-ring (bicyclic) bond motifs is 1. The maximum absolute atomic E-state index is 12.7. The van der Waals surface area contributed by atoms with Gasteiger partial charge < -0.3 is 4.90 Å². The third-order valence-corrected chi connectivity index (χ3v) is 5.39. The Labute approximate surface area is 159 Å². The Morgan fingerprint density at radius 3 is 2.00 bits per heavy atom. The van der Waals surface area contributed by atoms with Crippen molar-refractivity contribution in [2.75, 3.05) is 25.0 Å². The SMILES string of the molecule is CCN1C(=O)C(=C/C=C2\N(C)c3ccccc3C2(C)C)C(=O)N(CC)C1=O. The molecular weight excluding hydrogens is 342 g/mol. The van der Waals surface area contributed by atoms with E-state index < -0.39 is 17.8 Å². The van der Waals surface area contributed by atoms with Crippen LogP contribution in [0.2, 0.25) is 0 Å². The van der Waals surface area contributed by atoms with Gasteiger partial charge >= 0.3 is 6.03 Å². The zero-order valence-corrected chi connectivity index (χ0v) is 16.4. The van der Waals surface area contributed by atoms with Crippen LogP contribution >= 0.6 is 0 Å². The summed E-state index contributed by atoms with van der Waals surface area (Å²) in [5, 5.41) is 0. The fourth-order valence-corrected chi connectivity index (χ4v) is 3.87. The van der Waals surface area contributed by atoms with Crippen LogP contribution in [0.25, 0.3) is 0 Å². The minimum Gasteiger partial charge on any atom is -0.347 e. The molecule has 0 aliphatic carbocycles. The highest BCUT2D eigenvalue weighted by atomic mass is 16.2. The fraction of sp³-hybridized carbons (Fsp3) is 0.381. The van der Waals surface area contributed by atoms with Gasteiger partial charge in [0.2, 0.25) is 0 Å². The Kier molecular flexibility index (Phi) is 4.68. The van der Waals surface area contributed by atoms with Crippen molar-refractivity contribution in [3.8, 4) is 0 Å². The van der Waals surface area contributed by atoms with E-state index in [-0.39, 0.29) is 24.1 Å². The van der Waals surface area contributed by atoms with E-state index in [1.165, 1.54) is 5.56 Å². The first kappa shape index (κ1) is 18.9. The fourth-order valence-electron chi connectivity index (χ4n) is 3.87. The zero-order valence-electron chi connectivity index (χ0n) is 16.4. The number of nitrogens with zero attached hydrogens (tertiary/aromatic N) is 3. The summed E-state index contributed by atoms with van der Waals surface area (Å²) in [4.78, 5) is 41.9. The number of urea groups is 1. The van der Waals surface area contributed by atoms with Crippen LogP contribution in [0.4, 0.5) is 10.5 Å². The molecule has 0 radical (unpaired) electrons. The van der Waals surface area contributed by atoms with Crippen molar-refractivity contribution in [3.05, 3.63) is 53.3 Å². The van der Waals surface area contributed by atoms with Gasteiger partial charge in [0, 0.05) is 36.9 Å². The molecule has 1 aromatic carbocycles. The molecule has 0 atom stereocenters. The van der Waals surface area contributed by atoms with E-state index in [1.807, 2.05) is 25.3 Å². The number of imide groups is 2. The van der Waals surface area contributed by atoms with E-state index in [0.717, 1.165) is 21.2 Å². The lowest BCUT2D eigenvalue weighted by Crippen LogP contribution is -2.56. The van der Waals surface area contributed by atoms with Gasteiger partial charge in [-0.3, -0.25) is 19.4 Å². The second-order valence-corrected chi connectivity index (χ2v) is 7.21. The Balaban J connectivity index is 2.05. The molecule has 6 heteroatoms. The summed E-state index contributed by atoms with van der Waals surface area (Å²) in [6.07, 6.45) is 3.38. The van der Waals surface area contributed by atoms with Gasteiger partial charge in [0.1, 0.15) is 5.57 Å². The predicted octanol–water partition coefficient (Wildman–Crippen LogP) is 3.05. The number of rotatable bonds is 3. The number of carbonyl (C=O) groups is 3. The standard InChI is InChI=1S/C21H25N3O3/c1-6-23-18(25)14(19(26)24(7-2)20(23)27)12-13-17-21(3,4)15-10-8-9-11-16(15)22(17)5/h8-13H,6-7H2,1-5H3/b17-13-. The van der Waals surface area contributed by atoms with Gasteiger partial charge in [-0.25, -0.2) is 4.79 Å². The molecule has 4 amide bonds. The molecule has 2 aliphatic heterocycles. The van der Waals surface area contributed by atoms with Gasteiger partial charge in [-0.2, -0.15) is 0 Å². The molecule has 142 valence electrons. The Bertz CT molecular complexity index is 854. The molecule has 0 saturated carbocycles. The normalized spacial score (nSPS) is 20.6. The molecule has 27 heavy (non-hydrogen) atoms. The third kappa shape index (κ3) is 2.76. The summed E-state index contributed by atoms with van der Waals surface area (Å²) < 4.78 is 0. The highest BCUT2D eigenvalue weighted by Gasteiger charge is 2.41. The number of barbiturate groups is 1. The number of carbonyl (C=O) groups excluding carboxylic acids is 3. The monoisotopic (exact) mass is 367 g/mol. The lowest BCUT2D eigenvalue weighted by molar-refractivity contribution is -0.135. The minimum atomic E-state index is -0.550. The predicted molar refractivity (Wildman–Crippen MR) is 104 cm³/mol. The molecule has 0 bridgehead atoms. The highest BCUT2D eigenvalue weighted by Crippen LogP contribution is 2.46. The van der Waals surface area contributed by atoms with Crippen LogP contribution in [-0.4, -0.2) is 47.8 Å². The quantitative estimate of drug-likeness (QED) is 0.609. The summed E-state index contributed by atoms with van der Waals surface area (Å²) in [5.74, 6) is -1.07. The second kappa shape index (κ2) is 6.68.